The van der Waals surface area contributed by atoms with Gasteiger partial charge in [-0.2, -0.15) is 0 Å². The molecule has 130 valence electrons. The Morgan fingerprint density at radius 2 is 1.45 bits per heavy atom. The van der Waals surface area contributed by atoms with Crippen molar-refractivity contribution in [3.05, 3.63) is 12.2 Å². The molecule has 0 aromatic rings. The summed E-state index contributed by atoms with van der Waals surface area (Å²) < 4.78 is 0. The van der Waals surface area contributed by atoms with E-state index in [0.29, 0.717) is 12.3 Å². The second-order valence-corrected chi connectivity index (χ2v) is 6.92. The van der Waals surface area contributed by atoms with Crippen LogP contribution in [0.5, 0.6) is 0 Å². The van der Waals surface area contributed by atoms with Crippen molar-refractivity contribution in [2.45, 2.75) is 104 Å². The normalized spacial score (nSPS) is 12.3. The van der Waals surface area contributed by atoms with Crippen LogP contribution in [-0.2, 0) is 4.79 Å². The standard InChI is InChI=1S/C20H38O2/c1-4-5-6-7-8-9-11-14-18(2)17-19(3)15-12-10-13-16-20(21)22/h19H,2,4-17H2,1,3H3,(H,21,22). The van der Waals surface area contributed by atoms with Gasteiger partial charge < -0.3 is 5.11 Å². The van der Waals surface area contributed by atoms with E-state index < -0.39 is 5.97 Å². The molecule has 0 aliphatic carbocycles. The molecule has 2 heteroatoms. The number of rotatable bonds is 16. The lowest BCUT2D eigenvalue weighted by Gasteiger charge is -2.13. The zero-order valence-corrected chi connectivity index (χ0v) is 15.0. The van der Waals surface area contributed by atoms with E-state index in [9.17, 15) is 4.79 Å². The maximum atomic E-state index is 10.4. The molecule has 0 spiro atoms. The summed E-state index contributed by atoms with van der Waals surface area (Å²) in [5.74, 6) is 0.0259. The first-order valence-corrected chi connectivity index (χ1v) is 9.44. The van der Waals surface area contributed by atoms with Gasteiger partial charge >= 0.3 is 5.97 Å². The lowest BCUT2D eigenvalue weighted by atomic mass is 9.93. The minimum absolute atomic E-state index is 0.319. The molecule has 1 atom stereocenters. The summed E-state index contributed by atoms with van der Waals surface area (Å²) in [5.41, 5.74) is 1.41. The molecule has 22 heavy (non-hydrogen) atoms. The molecule has 0 bridgehead atoms. The van der Waals surface area contributed by atoms with Crippen molar-refractivity contribution in [1.29, 1.82) is 0 Å². The average Bonchev–Trinajstić information content (AvgIpc) is 2.45. The fraction of sp³-hybridized carbons (Fsp3) is 0.850. The van der Waals surface area contributed by atoms with Crippen LogP contribution in [0.4, 0.5) is 0 Å². The van der Waals surface area contributed by atoms with E-state index in [-0.39, 0.29) is 0 Å². The Morgan fingerprint density at radius 3 is 2.09 bits per heavy atom. The number of carbonyl (C=O) groups is 1. The van der Waals surface area contributed by atoms with Crippen LogP contribution in [0.15, 0.2) is 12.2 Å². The molecule has 0 saturated heterocycles. The SMILES string of the molecule is C=C(CCCCCCCCC)CC(C)CCCCCC(=O)O. The third kappa shape index (κ3) is 15.6. The van der Waals surface area contributed by atoms with Crippen molar-refractivity contribution in [1.82, 2.24) is 0 Å². The highest BCUT2D eigenvalue weighted by Crippen LogP contribution is 2.21. The van der Waals surface area contributed by atoms with Gasteiger partial charge in [-0.15, -0.1) is 0 Å². The van der Waals surface area contributed by atoms with Crippen LogP contribution in [0.3, 0.4) is 0 Å². The van der Waals surface area contributed by atoms with Crippen LogP contribution in [0.1, 0.15) is 104 Å². The zero-order valence-electron chi connectivity index (χ0n) is 15.0. The van der Waals surface area contributed by atoms with Crippen molar-refractivity contribution in [2.24, 2.45) is 5.92 Å². The van der Waals surface area contributed by atoms with E-state index >= 15 is 0 Å². The van der Waals surface area contributed by atoms with Gasteiger partial charge in [0.1, 0.15) is 0 Å². The Labute approximate surface area is 138 Å². The average molecular weight is 311 g/mol. The number of hydrogen-bond acceptors (Lipinski definition) is 1. The molecular formula is C20H38O2. The van der Waals surface area contributed by atoms with Crippen LogP contribution < -0.4 is 0 Å². The second-order valence-electron chi connectivity index (χ2n) is 6.92. The molecule has 0 saturated carbocycles. The summed E-state index contributed by atoms with van der Waals surface area (Å²) in [7, 11) is 0. The number of allylic oxidation sites excluding steroid dienone is 1. The fourth-order valence-electron chi connectivity index (χ4n) is 2.97. The molecule has 0 radical (unpaired) electrons. The minimum atomic E-state index is -0.670. The molecule has 0 rings (SSSR count). The molecule has 0 aromatic heterocycles. The van der Waals surface area contributed by atoms with Crippen LogP contribution in [-0.4, -0.2) is 11.1 Å². The summed E-state index contributed by atoms with van der Waals surface area (Å²) >= 11 is 0. The summed E-state index contributed by atoms with van der Waals surface area (Å²) in [4.78, 5) is 10.4. The van der Waals surface area contributed by atoms with Crippen LogP contribution in [0.25, 0.3) is 0 Å². The molecular weight excluding hydrogens is 272 g/mol. The Bertz CT molecular complexity index is 283. The Morgan fingerprint density at radius 1 is 0.909 bits per heavy atom. The van der Waals surface area contributed by atoms with E-state index in [1.165, 1.54) is 63.4 Å². The zero-order chi connectivity index (χ0) is 16.6. The predicted molar refractivity (Wildman–Crippen MR) is 96.3 cm³/mol. The first kappa shape index (κ1) is 21.2. The van der Waals surface area contributed by atoms with Gasteiger partial charge in [0.2, 0.25) is 0 Å². The quantitative estimate of drug-likeness (QED) is 0.253. The van der Waals surface area contributed by atoms with Crippen molar-refractivity contribution in [3.8, 4) is 0 Å². The lowest BCUT2D eigenvalue weighted by molar-refractivity contribution is -0.137. The summed E-state index contributed by atoms with van der Waals surface area (Å²) in [6.07, 6.45) is 16.4. The molecule has 0 aliphatic heterocycles. The van der Waals surface area contributed by atoms with Crippen molar-refractivity contribution in [2.75, 3.05) is 0 Å². The molecule has 2 nitrogen and oxygen atoms in total. The molecule has 0 aliphatic rings. The van der Waals surface area contributed by atoms with Gasteiger partial charge in [0.05, 0.1) is 0 Å². The molecule has 1 unspecified atom stereocenters. The highest BCUT2D eigenvalue weighted by Gasteiger charge is 2.05. The number of carboxylic acid groups (broad SMARTS) is 1. The first-order valence-electron chi connectivity index (χ1n) is 9.44. The maximum Gasteiger partial charge on any atom is 0.303 e. The van der Waals surface area contributed by atoms with Crippen molar-refractivity contribution >= 4 is 5.97 Å². The molecule has 0 fully saturated rings. The van der Waals surface area contributed by atoms with Gasteiger partial charge in [-0.25, -0.2) is 0 Å². The third-order valence-electron chi connectivity index (χ3n) is 4.36. The third-order valence-corrected chi connectivity index (χ3v) is 4.36. The van der Waals surface area contributed by atoms with Gasteiger partial charge in [-0.05, 0) is 31.6 Å². The smallest absolute Gasteiger partial charge is 0.303 e. The highest BCUT2D eigenvalue weighted by molar-refractivity contribution is 5.66. The van der Waals surface area contributed by atoms with Crippen molar-refractivity contribution in [3.63, 3.8) is 0 Å². The van der Waals surface area contributed by atoms with Crippen LogP contribution in [0, 0.1) is 5.92 Å². The number of carboxylic acids is 1. The Balaban J connectivity index is 3.40. The fourth-order valence-corrected chi connectivity index (χ4v) is 2.97. The second kappa shape index (κ2) is 15.1. The van der Waals surface area contributed by atoms with E-state index in [0.717, 1.165) is 25.7 Å². The molecule has 0 aromatic carbocycles. The van der Waals surface area contributed by atoms with Crippen LogP contribution in [0.2, 0.25) is 0 Å². The van der Waals surface area contributed by atoms with E-state index in [4.69, 9.17) is 5.11 Å². The van der Waals surface area contributed by atoms with Crippen LogP contribution >= 0.6 is 0 Å². The predicted octanol–water partition coefficient (Wildman–Crippen LogP) is 6.74. The number of unbranched alkanes of at least 4 members (excludes halogenated alkanes) is 8. The first-order chi connectivity index (χ1) is 10.6. The van der Waals surface area contributed by atoms with Gasteiger partial charge in [0.25, 0.3) is 0 Å². The monoisotopic (exact) mass is 310 g/mol. The summed E-state index contributed by atoms with van der Waals surface area (Å²) in [6, 6.07) is 0. The minimum Gasteiger partial charge on any atom is -0.481 e. The number of aliphatic carboxylic acids is 1. The maximum absolute atomic E-state index is 10.4. The summed E-state index contributed by atoms with van der Waals surface area (Å²) in [5, 5.41) is 8.59. The lowest BCUT2D eigenvalue weighted by Crippen LogP contribution is -1.98. The van der Waals surface area contributed by atoms with Gasteiger partial charge in [-0.3, -0.25) is 4.79 Å². The van der Waals surface area contributed by atoms with Gasteiger partial charge in [-0.1, -0.05) is 83.8 Å². The van der Waals surface area contributed by atoms with E-state index in [1.54, 1.807) is 0 Å². The highest BCUT2D eigenvalue weighted by atomic mass is 16.4. The Kier molecular flexibility index (Phi) is 14.6. The van der Waals surface area contributed by atoms with Crippen molar-refractivity contribution < 1.29 is 9.90 Å². The Hall–Kier alpha value is -0.790. The topological polar surface area (TPSA) is 37.3 Å². The van der Waals surface area contributed by atoms with Gasteiger partial charge in [0.15, 0.2) is 0 Å². The van der Waals surface area contributed by atoms with E-state index in [1.807, 2.05) is 0 Å². The molecule has 0 heterocycles. The molecule has 1 N–H and O–H groups in total. The van der Waals surface area contributed by atoms with Gasteiger partial charge in [0, 0.05) is 6.42 Å². The summed E-state index contributed by atoms with van der Waals surface area (Å²) in [6.45, 7) is 8.79. The van der Waals surface area contributed by atoms with E-state index in [2.05, 4.69) is 20.4 Å². The number of hydrogen-bond donors (Lipinski definition) is 1. The molecule has 0 amide bonds. The largest absolute Gasteiger partial charge is 0.481 e.